The number of nitrogens with zero attached hydrogens (tertiary/aromatic N) is 1. The summed E-state index contributed by atoms with van der Waals surface area (Å²) >= 11 is 0. The van der Waals surface area contributed by atoms with E-state index in [2.05, 4.69) is 17.1 Å². The minimum atomic E-state index is 0.709. The van der Waals surface area contributed by atoms with Gasteiger partial charge in [0.25, 0.3) is 0 Å². The maximum absolute atomic E-state index is 4.56. The molecule has 1 nitrogen and oxygen atoms in total. The smallest absolute Gasteiger partial charge is 0.0434 e. The molecule has 0 amide bonds. The van der Waals surface area contributed by atoms with Gasteiger partial charge in [-0.25, -0.2) is 0 Å². The molecule has 1 spiro atoms. The van der Waals surface area contributed by atoms with Crippen LogP contribution < -0.4 is 0 Å². The van der Waals surface area contributed by atoms with Gasteiger partial charge in [0.2, 0.25) is 0 Å². The largest absolute Gasteiger partial charge is 0.261 e. The van der Waals surface area contributed by atoms with Crippen molar-refractivity contribution in [1.29, 1.82) is 0 Å². The highest BCUT2D eigenvalue weighted by Crippen LogP contribution is 2.52. The molecule has 2 aliphatic rings. The zero-order chi connectivity index (χ0) is 10.8. The van der Waals surface area contributed by atoms with Crippen molar-refractivity contribution in [2.24, 2.45) is 5.41 Å². The van der Waals surface area contributed by atoms with Crippen LogP contribution in [0.25, 0.3) is 0 Å². The summed E-state index contributed by atoms with van der Waals surface area (Å²) in [7, 11) is 0. The average molecular weight is 215 g/mol. The lowest BCUT2D eigenvalue weighted by molar-refractivity contribution is 0.175. The Bertz CT molecular complexity index is 338. The van der Waals surface area contributed by atoms with Gasteiger partial charge in [-0.15, -0.1) is 0 Å². The Hall–Kier alpha value is -0.850. The van der Waals surface area contributed by atoms with Crippen LogP contribution in [0.15, 0.2) is 24.4 Å². The van der Waals surface area contributed by atoms with Gasteiger partial charge < -0.3 is 0 Å². The van der Waals surface area contributed by atoms with Gasteiger partial charge in [0.15, 0.2) is 0 Å². The number of aromatic nitrogens is 1. The van der Waals surface area contributed by atoms with E-state index in [-0.39, 0.29) is 0 Å². The first-order chi connectivity index (χ1) is 7.88. The summed E-state index contributed by atoms with van der Waals surface area (Å²) < 4.78 is 0. The van der Waals surface area contributed by atoms with Crippen molar-refractivity contribution in [2.75, 3.05) is 0 Å². The third kappa shape index (κ3) is 1.88. The van der Waals surface area contributed by atoms with E-state index in [1.807, 2.05) is 12.3 Å². The quantitative estimate of drug-likeness (QED) is 0.680. The molecule has 1 atom stereocenters. The molecule has 16 heavy (non-hydrogen) atoms. The topological polar surface area (TPSA) is 12.9 Å². The van der Waals surface area contributed by atoms with Crippen molar-refractivity contribution in [3.05, 3.63) is 30.1 Å². The highest BCUT2D eigenvalue weighted by Gasteiger charge is 2.39. The fourth-order valence-corrected chi connectivity index (χ4v) is 3.90. The van der Waals surface area contributed by atoms with Crippen molar-refractivity contribution >= 4 is 0 Å². The van der Waals surface area contributed by atoms with Gasteiger partial charge in [-0.05, 0) is 49.7 Å². The van der Waals surface area contributed by atoms with Crippen LogP contribution in [0.4, 0.5) is 0 Å². The SMILES string of the molecule is c1ccc(C2CCCC3(CCCC3)C2)nc1. The molecule has 1 aromatic heterocycles. The molecular weight excluding hydrogens is 194 g/mol. The Morgan fingerprint density at radius 3 is 2.62 bits per heavy atom. The second kappa shape index (κ2) is 4.20. The molecule has 2 saturated carbocycles. The number of rotatable bonds is 1. The van der Waals surface area contributed by atoms with Crippen LogP contribution in [0.5, 0.6) is 0 Å². The molecule has 2 aliphatic carbocycles. The summed E-state index contributed by atoms with van der Waals surface area (Å²) in [5.74, 6) is 0.744. The summed E-state index contributed by atoms with van der Waals surface area (Å²) in [6.07, 6.45) is 13.5. The van der Waals surface area contributed by atoms with Crippen molar-refractivity contribution in [3.8, 4) is 0 Å². The summed E-state index contributed by atoms with van der Waals surface area (Å²) in [5.41, 5.74) is 2.05. The van der Waals surface area contributed by atoms with Crippen LogP contribution in [-0.2, 0) is 0 Å². The van der Waals surface area contributed by atoms with E-state index in [4.69, 9.17) is 0 Å². The van der Waals surface area contributed by atoms with Gasteiger partial charge in [0.1, 0.15) is 0 Å². The van der Waals surface area contributed by atoms with Gasteiger partial charge >= 0.3 is 0 Å². The third-order valence-electron chi connectivity index (χ3n) is 4.71. The predicted octanol–water partition coefficient (Wildman–Crippen LogP) is 4.30. The lowest BCUT2D eigenvalue weighted by Crippen LogP contribution is -2.25. The molecule has 1 unspecified atom stereocenters. The molecule has 1 heteroatoms. The molecule has 1 heterocycles. The standard InChI is InChI=1S/C15H21N/c1-4-11-16-14(7-1)13-6-5-10-15(12-13)8-2-3-9-15/h1,4,7,11,13H,2-3,5-6,8-10,12H2. The summed E-state index contributed by atoms with van der Waals surface area (Å²) in [6, 6.07) is 6.38. The van der Waals surface area contributed by atoms with Gasteiger partial charge in [-0.1, -0.05) is 25.3 Å². The second-order valence-electron chi connectivity index (χ2n) is 5.75. The Kier molecular flexibility index (Phi) is 2.70. The van der Waals surface area contributed by atoms with Crippen LogP contribution in [0.2, 0.25) is 0 Å². The van der Waals surface area contributed by atoms with E-state index >= 15 is 0 Å². The van der Waals surface area contributed by atoms with Crippen LogP contribution in [0, 0.1) is 5.41 Å². The first-order valence-corrected chi connectivity index (χ1v) is 6.79. The molecule has 1 aromatic rings. The minimum absolute atomic E-state index is 0.709. The molecule has 0 radical (unpaired) electrons. The molecule has 86 valence electrons. The van der Waals surface area contributed by atoms with E-state index in [0.29, 0.717) is 5.41 Å². The van der Waals surface area contributed by atoms with Gasteiger partial charge in [0, 0.05) is 17.8 Å². The molecule has 0 saturated heterocycles. The maximum atomic E-state index is 4.56. The molecule has 2 fully saturated rings. The van der Waals surface area contributed by atoms with E-state index in [0.717, 1.165) is 5.92 Å². The maximum Gasteiger partial charge on any atom is 0.0434 e. The Labute approximate surface area is 98.3 Å². The Balaban J connectivity index is 1.77. The van der Waals surface area contributed by atoms with Crippen LogP contribution >= 0.6 is 0 Å². The summed E-state index contributed by atoms with van der Waals surface area (Å²) in [6.45, 7) is 0. The molecular formula is C15H21N. The van der Waals surface area contributed by atoms with Crippen molar-refractivity contribution in [1.82, 2.24) is 4.98 Å². The van der Waals surface area contributed by atoms with Gasteiger partial charge in [0.05, 0.1) is 0 Å². The van der Waals surface area contributed by atoms with E-state index in [9.17, 15) is 0 Å². The second-order valence-corrected chi connectivity index (χ2v) is 5.75. The number of hydrogen-bond acceptors (Lipinski definition) is 1. The fourth-order valence-electron chi connectivity index (χ4n) is 3.90. The Morgan fingerprint density at radius 1 is 1.06 bits per heavy atom. The molecule has 3 rings (SSSR count). The molecule has 0 aliphatic heterocycles. The zero-order valence-electron chi connectivity index (χ0n) is 9.99. The fraction of sp³-hybridized carbons (Fsp3) is 0.667. The number of pyridine rings is 1. The molecule has 0 aromatic carbocycles. The van der Waals surface area contributed by atoms with E-state index in [1.165, 1.54) is 57.1 Å². The van der Waals surface area contributed by atoms with Gasteiger partial charge in [-0.3, -0.25) is 4.98 Å². The lowest BCUT2D eigenvalue weighted by atomic mass is 9.68. The van der Waals surface area contributed by atoms with Crippen molar-refractivity contribution in [2.45, 2.75) is 57.3 Å². The van der Waals surface area contributed by atoms with Crippen molar-refractivity contribution in [3.63, 3.8) is 0 Å². The van der Waals surface area contributed by atoms with Crippen LogP contribution in [0.1, 0.15) is 63.0 Å². The van der Waals surface area contributed by atoms with Crippen LogP contribution in [-0.4, -0.2) is 4.98 Å². The van der Waals surface area contributed by atoms with Crippen molar-refractivity contribution < 1.29 is 0 Å². The monoisotopic (exact) mass is 215 g/mol. The molecule has 0 bridgehead atoms. The first-order valence-electron chi connectivity index (χ1n) is 6.79. The van der Waals surface area contributed by atoms with E-state index in [1.54, 1.807) is 0 Å². The third-order valence-corrected chi connectivity index (χ3v) is 4.71. The zero-order valence-corrected chi connectivity index (χ0v) is 9.99. The Morgan fingerprint density at radius 2 is 1.88 bits per heavy atom. The highest BCUT2D eigenvalue weighted by atomic mass is 14.7. The highest BCUT2D eigenvalue weighted by molar-refractivity contribution is 5.12. The summed E-state index contributed by atoms with van der Waals surface area (Å²) in [5, 5.41) is 0. The van der Waals surface area contributed by atoms with Crippen LogP contribution in [0.3, 0.4) is 0 Å². The predicted molar refractivity (Wildman–Crippen MR) is 66.3 cm³/mol. The molecule has 0 N–H and O–H groups in total. The van der Waals surface area contributed by atoms with E-state index < -0.39 is 0 Å². The minimum Gasteiger partial charge on any atom is -0.261 e. The van der Waals surface area contributed by atoms with Gasteiger partial charge in [-0.2, -0.15) is 0 Å². The first kappa shape index (κ1) is 10.3. The number of hydrogen-bond donors (Lipinski definition) is 0. The average Bonchev–Trinajstić information content (AvgIpc) is 2.78. The lowest BCUT2D eigenvalue weighted by Gasteiger charge is -2.38. The summed E-state index contributed by atoms with van der Waals surface area (Å²) in [4.78, 5) is 4.56. The normalized spacial score (nSPS) is 28.4.